The number of nitrogens with one attached hydrogen (secondary N) is 1. The predicted molar refractivity (Wildman–Crippen MR) is 140 cm³/mol. The van der Waals surface area contributed by atoms with Gasteiger partial charge in [-0.25, -0.2) is 0 Å². The third-order valence-electron chi connectivity index (χ3n) is 6.44. The van der Waals surface area contributed by atoms with E-state index in [4.69, 9.17) is 0 Å². The molecule has 0 atom stereocenters. The summed E-state index contributed by atoms with van der Waals surface area (Å²) in [5.41, 5.74) is 7.42. The minimum Gasteiger partial charge on any atom is -0.353 e. The van der Waals surface area contributed by atoms with Gasteiger partial charge in [-0.3, -0.25) is 0 Å². The van der Waals surface area contributed by atoms with Gasteiger partial charge < -0.3 is 4.98 Å². The third-order valence-corrected chi connectivity index (χ3v) is 7.64. The van der Waals surface area contributed by atoms with Crippen LogP contribution in [0.4, 0.5) is 0 Å². The number of aromatic amines is 1. The van der Waals surface area contributed by atoms with Crippen molar-refractivity contribution in [2.75, 3.05) is 0 Å². The highest BCUT2D eigenvalue weighted by atomic mass is 32.1. The summed E-state index contributed by atoms with van der Waals surface area (Å²) < 4.78 is 2.68. The number of rotatable bonds is 2. The largest absolute Gasteiger partial charge is 0.353 e. The molecule has 0 aliphatic carbocycles. The van der Waals surface area contributed by atoms with Crippen molar-refractivity contribution in [1.29, 1.82) is 0 Å². The third kappa shape index (κ3) is 2.57. The van der Waals surface area contributed by atoms with E-state index in [1.807, 2.05) is 11.3 Å². The average Bonchev–Trinajstić information content (AvgIpc) is 3.42. The van der Waals surface area contributed by atoms with E-state index in [2.05, 4.69) is 114 Å². The first kappa shape index (κ1) is 17.8. The van der Waals surface area contributed by atoms with Crippen LogP contribution in [0.2, 0.25) is 0 Å². The molecule has 7 aromatic rings. The Balaban J connectivity index is 1.47. The normalized spacial score (nSPS) is 11.8. The molecule has 2 heterocycles. The molecule has 2 heteroatoms. The van der Waals surface area contributed by atoms with Gasteiger partial charge in [0.15, 0.2) is 0 Å². The highest BCUT2D eigenvalue weighted by molar-refractivity contribution is 7.26. The second kappa shape index (κ2) is 6.81. The zero-order valence-electron chi connectivity index (χ0n) is 17.3. The van der Waals surface area contributed by atoms with Crippen LogP contribution in [0, 0.1) is 0 Å². The Bertz CT molecular complexity index is 1770. The van der Waals surface area contributed by atoms with Crippen LogP contribution in [0.25, 0.3) is 64.2 Å². The van der Waals surface area contributed by atoms with Crippen LogP contribution in [-0.2, 0) is 0 Å². The first-order valence-electron chi connectivity index (χ1n) is 10.9. The van der Waals surface area contributed by atoms with E-state index in [0.29, 0.717) is 0 Å². The van der Waals surface area contributed by atoms with Crippen molar-refractivity contribution >= 4 is 53.3 Å². The van der Waals surface area contributed by atoms with Gasteiger partial charge in [-0.1, -0.05) is 97.1 Å². The quantitative estimate of drug-likeness (QED) is 0.284. The molecule has 32 heavy (non-hydrogen) atoms. The summed E-state index contributed by atoms with van der Waals surface area (Å²) in [6, 6.07) is 39.4. The maximum absolute atomic E-state index is 3.76. The Morgan fingerprint density at radius 3 is 2.06 bits per heavy atom. The van der Waals surface area contributed by atoms with Gasteiger partial charge in [-0.05, 0) is 34.4 Å². The molecule has 2 aromatic heterocycles. The number of hydrogen-bond donors (Lipinski definition) is 1. The smallest absolute Gasteiger partial charge is 0.0646 e. The molecular weight excluding hydrogens is 406 g/mol. The molecule has 0 amide bonds. The molecule has 1 N–H and O–H groups in total. The summed E-state index contributed by atoms with van der Waals surface area (Å²) in [7, 11) is 0. The van der Waals surface area contributed by atoms with Gasteiger partial charge in [-0.15, -0.1) is 11.3 Å². The molecule has 0 fully saturated rings. The van der Waals surface area contributed by atoms with E-state index in [1.54, 1.807) is 0 Å². The lowest BCUT2D eigenvalue weighted by atomic mass is 9.94. The molecule has 0 unspecified atom stereocenters. The summed E-state index contributed by atoms with van der Waals surface area (Å²) in [5, 5.41) is 5.24. The number of aromatic nitrogens is 1. The minimum atomic E-state index is 1.19. The Morgan fingerprint density at radius 2 is 1.19 bits per heavy atom. The van der Waals surface area contributed by atoms with Crippen LogP contribution in [0.3, 0.4) is 0 Å². The van der Waals surface area contributed by atoms with Crippen molar-refractivity contribution in [3.05, 3.63) is 109 Å². The van der Waals surface area contributed by atoms with Crippen LogP contribution >= 0.6 is 11.3 Å². The fraction of sp³-hybridized carbons (Fsp3) is 0. The van der Waals surface area contributed by atoms with Gasteiger partial charge in [-0.2, -0.15) is 0 Å². The summed E-state index contributed by atoms with van der Waals surface area (Å²) in [6.07, 6.45) is 0. The molecule has 0 bridgehead atoms. The second-order valence-electron chi connectivity index (χ2n) is 8.26. The van der Waals surface area contributed by atoms with Crippen LogP contribution in [0.5, 0.6) is 0 Å². The number of benzene rings is 5. The van der Waals surface area contributed by atoms with E-state index >= 15 is 0 Å². The lowest BCUT2D eigenvalue weighted by Crippen LogP contribution is -1.85. The van der Waals surface area contributed by atoms with Crippen molar-refractivity contribution in [3.63, 3.8) is 0 Å². The zero-order chi connectivity index (χ0) is 21.1. The Morgan fingerprint density at radius 1 is 0.500 bits per heavy atom. The van der Waals surface area contributed by atoms with Gasteiger partial charge >= 0.3 is 0 Å². The molecule has 1 nitrogen and oxygen atoms in total. The standard InChI is InChI=1S/C30H19NS/c1-2-8-19(9-3-1)21-10-4-5-11-22(21)20-14-15-23-25-16-17-26-24-12-6-7-13-28(24)32-30(26)29(25)31-27(23)18-20/h1-18,31H. The van der Waals surface area contributed by atoms with Gasteiger partial charge in [0.2, 0.25) is 0 Å². The molecule has 5 aromatic carbocycles. The number of thiophene rings is 1. The van der Waals surface area contributed by atoms with Crippen molar-refractivity contribution in [2.24, 2.45) is 0 Å². The van der Waals surface area contributed by atoms with Crippen molar-refractivity contribution in [2.45, 2.75) is 0 Å². The molecule has 7 rings (SSSR count). The Hall–Kier alpha value is -3.88. The van der Waals surface area contributed by atoms with E-state index < -0.39 is 0 Å². The summed E-state index contributed by atoms with van der Waals surface area (Å²) in [5.74, 6) is 0. The summed E-state index contributed by atoms with van der Waals surface area (Å²) >= 11 is 1.88. The molecule has 150 valence electrons. The van der Waals surface area contributed by atoms with E-state index in [1.165, 1.54) is 64.2 Å². The molecule has 0 spiro atoms. The molecule has 0 aliphatic heterocycles. The van der Waals surface area contributed by atoms with E-state index in [9.17, 15) is 0 Å². The molecular formula is C30H19NS. The number of fused-ring (bicyclic) bond motifs is 7. The lowest BCUT2D eigenvalue weighted by Gasteiger charge is -2.10. The fourth-order valence-corrected chi connectivity index (χ4v) is 6.13. The molecule has 0 radical (unpaired) electrons. The first-order chi connectivity index (χ1) is 15.9. The second-order valence-corrected chi connectivity index (χ2v) is 9.31. The topological polar surface area (TPSA) is 15.8 Å². The maximum Gasteiger partial charge on any atom is 0.0646 e. The highest BCUT2D eigenvalue weighted by Gasteiger charge is 2.13. The minimum absolute atomic E-state index is 1.19. The van der Waals surface area contributed by atoms with Gasteiger partial charge in [0, 0.05) is 31.8 Å². The van der Waals surface area contributed by atoms with Crippen molar-refractivity contribution < 1.29 is 0 Å². The number of H-pyrrole nitrogens is 1. The summed E-state index contributed by atoms with van der Waals surface area (Å²) in [6.45, 7) is 0. The van der Waals surface area contributed by atoms with Crippen LogP contribution in [0.15, 0.2) is 109 Å². The zero-order valence-corrected chi connectivity index (χ0v) is 18.1. The van der Waals surface area contributed by atoms with Crippen molar-refractivity contribution in [1.82, 2.24) is 4.98 Å². The van der Waals surface area contributed by atoms with Gasteiger partial charge in [0.1, 0.15) is 0 Å². The average molecular weight is 426 g/mol. The Labute approximate surface area is 189 Å². The van der Waals surface area contributed by atoms with E-state index in [-0.39, 0.29) is 0 Å². The summed E-state index contributed by atoms with van der Waals surface area (Å²) in [4.78, 5) is 3.76. The SMILES string of the molecule is c1ccc(-c2ccccc2-c2ccc3c(c2)[nH]c2c3ccc3c4ccccc4sc32)cc1. The lowest BCUT2D eigenvalue weighted by molar-refractivity contribution is 1.55. The molecule has 0 saturated heterocycles. The molecule has 0 aliphatic rings. The monoisotopic (exact) mass is 425 g/mol. The predicted octanol–water partition coefficient (Wildman–Crippen LogP) is 9.02. The Kier molecular flexibility index (Phi) is 3.78. The van der Waals surface area contributed by atoms with Crippen molar-refractivity contribution in [3.8, 4) is 22.3 Å². The van der Waals surface area contributed by atoms with Gasteiger partial charge in [0.25, 0.3) is 0 Å². The van der Waals surface area contributed by atoms with Gasteiger partial charge in [0.05, 0.1) is 10.2 Å². The van der Waals surface area contributed by atoms with Crippen LogP contribution in [0.1, 0.15) is 0 Å². The van der Waals surface area contributed by atoms with Crippen LogP contribution in [-0.4, -0.2) is 4.98 Å². The fourth-order valence-electron chi connectivity index (χ4n) is 4.93. The first-order valence-corrected chi connectivity index (χ1v) is 11.7. The van der Waals surface area contributed by atoms with E-state index in [0.717, 1.165) is 0 Å². The molecule has 0 saturated carbocycles. The maximum atomic E-state index is 3.76. The van der Waals surface area contributed by atoms with Crippen LogP contribution < -0.4 is 0 Å². The highest BCUT2D eigenvalue weighted by Crippen LogP contribution is 2.41. The number of hydrogen-bond acceptors (Lipinski definition) is 1.